The zero-order valence-corrected chi connectivity index (χ0v) is 8.29. The zero-order valence-electron chi connectivity index (χ0n) is 8.29. The minimum atomic E-state index is -2.27. The predicted molar refractivity (Wildman–Crippen MR) is 49.5 cm³/mol. The lowest BCUT2D eigenvalue weighted by Gasteiger charge is -2.07. The van der Waals surface area contributed by atoms with E-state index in [9.17, 15) is 14.4 Å². The molecule has 8 heteroatoms. The van der Waals surface area contributed by atoms with E-state index in [1.54, 1.807) is 0 Å². The second kappa shape index (κ2) is 6.75. The van der Waals surface area contributed by atoms with Gasteiger partial charge in [-0.2, -0.15) is 0 Å². The van der Waals surface area contributed by atoms with Crippen LogP contribution >= 0.6 is 0 Å². The molecule has 0 aliphatic carbocycles. The monoisotopic (exact) mass is 235 g/mol. The van der Waals surface area contributed by atoms with Crippen LogP contribution in [0.25, 0.3) is 0 Å². The average molecular weight is 235 g/mol. The summed E-state index contributed by atoms with van der Waals surface area (Å²) in [6, 6.07) is 0. The van der Waals surface area contributed by atoms with Gasteiger partial charge in [0, 0.05) is 13.0 Å². The summed E-state index contributed by atoms with van der Waals surface area (Å²) in [5, 5.41) is 35.2. The molecule has 0 aromatic carbocycles. The molecular formula is C8H13NO7. The molecule has 0 aromatic rings. The molecule has 0 aromatic heterocycles. The fourth-order valence-corrected chi connectivity index (χ4v) is 0.835. The van der Waals surface area contributed by atoms with E-state index in [1.807, 2.05) is 0 Å². The normalized spacial score (nSPS) is 17.8. The molecule has 1 saturated heterocycles. The Balaban J connectivity index is 0.000000315. The molecule has 1 aliphatic rings. The molecule has 1 rings (SSSR count). The van der Waals surface area contributed by atoms with Crippen LogP contribution in [0.4, 0.5) is 0 Å². The molecule has 0 bridgehead atoms. The first-order valence-electron chi connectivity index (χ1n) is 4.44. The summed E-state index contributed by atoms with van der Waals surface area (Å²) in [7, 11) is 0. The second-order valence-corrected chi connectivity index (χ2v) is 3.02. The van der Waals surface area contributed by atoms with E-state index in [0.717, 1.165) is 19.4 Å². The van der Waals surface area contributed by atoms with Crippen molar-refractivity contribution < 1.29 is 34.8 Å². The fraction of sp³-hybridized carbons (Fsp3) is 0.625. The summed E-state index contributed by atoms with van der Waals surface area (Å²) in [4.78, 5) is 29.7. The van der Waals surface area contributed by atoms with Gasteiger partial charge in [-0.15, -0.1) is 0 Å². The maximum atomic E-state index is 10.1. The van der Waals surface area contributed by atoms with Crippen LogP contribution in [0.5, 0.6) is 0 Å². The molecule has 1 amide bonds. The molecule has 2 atom stereocenters. The lowest BCUT2D eigenvalue weighted by atomic mass is 10.2. The van der Waals surface area contributed by atoms with Crippen molar-refractivity contribution >= 4 is 17.8 Å². The SMILES string of the molecule is O=C(O)[C@@H](O)[C@H](O)C(=O)O.O=C1CCCN1. The van der Waals surface area contributed by atoms with Crippen molar-refractivity contribution in [3.05, 3.63) is 0 Å². The highest BCUT2D eigenvalue weighted by Gasteiger charge is 2.29. The number of hydrogen-bond donors (Lipinski definition) is 5. The number of carboxylic acids is 2. The summed E-state index contributed by atoms with van der Waals surface area (Å²) in [5.41, 5.74) is 0. The van der Waals surface area contributed by atoms with E-state index in [4.69, 9.17) is 20.4 Å². The van der Waals surface area contributed by atoms with Gasteiger partial charge in [0.2, 0.25) is 5.91 Å². The van der Waals surface area contributed by atoms with Crippen LogP contribution in [0.2, 0.25) is 0 Å². The van der Waals surface area contributed by atoms with Gasteiger partial charge in [0.05, 0.1) is 0 Å². The number of aliphatic carboxylic acids is 2. The predicted octanol–water partition coefficient (Wildman–Crippen LogP) is -2.23. The highest BCUT2D eigenvalue weighted by molar-refractivity contribution is 5.83. The Morgan fingerprint density at radius 2 is 1.56 bits per heavy atom. The number of carbonyl (C=O) groups excluding carboxylic acids is 1. The maximum Gasteiger partial charge on any atom is 0.335 e. The van der Waals surface area contributed by atoms with Crippen LogP contribution in [0, 0.1) is 0 Å². The molecule has 0 unspecified atom stereocenters. The van der Waals surface area contributed by atoms with Gasteiger partial charge in [0.25, 0.3) is 0 Å². The maximum absolute atomic E-state index is 10.1. The molecule has 1 aliphatic heterocycles. The number of aliphatic hydroxyl groups excluding tert-OH is 2. The molecule has 0 saturated carbocycles. The van der Waals surface area contributed by atoms with Crippen molar-refractivity contribution in [2.75, 3.05) is 6.54 Å². The van der Waals surface area contributed by atoms with E-state index in [2.05, 4.69) is 5.32 Å². The van der Waals surface area contributed by atoms with Crippen LogP contribution in [-0.2, 0) is 14.4 Å². The Kier molecular flexibility index (Phi) is 6.04. The minimum Gasteiger partial charge on any atom is -0.479 e. The van der Waals surface area contributed by atoms with Crippen LogP contribution in [-0.4, -0.2) is 57.0 Å². The summed E-state index contributed by atoms with van der Waals surface area (Å²) in [6.07, 6.45) is -2.77. The molecule has 0 spiro atoms. The number of carbonyl (C=O) groups is 3. The first kappa shape index (κ1) is 14.3. The number of hydrogen-bond acceptors (Lipinski definition) is 5. The van der Waals surface area contributed by atoms with Crippen LogP contribution in [0.1, 0.15) is 12.8 Å². The van der Waals surface area contributed by atoms with Gasteiger partial charge in [-0.25, -0.2) is 9.59 Å². The van der Waals surface area contributed by atoms with E-state index in [1.165, 1.54) is 0 Å². The first-order chi connectivity index (χ1) is 7.36. The highest BCUT2D eigenvalue weighted by Crippen LogP contribution is 1.93. The summed E-state index contributed by atoms with van der Waals surface area (Å²) in [5.74, 6) is -3.33. The summed E-state index contributed by atoms with van der Waals surface area (Å²) in [6.45, 7) is 0.888. The smallest absolute Gasteiger partial charge is 0.335 e. The average Bonchev–Trinajstić information content (AvgIpc) is 2.67. The fourth-order valence-electron chi connectivity index (χ4n) is 0.835. The lowest BCUT2D eigenvalue weighted by molar-refractivity contribution is -0.165. The third-order valence-electron chi connectivity index (χ3n) is 1.71. The van der Waals surface area contributed by atoms with Crippen molar-refractivity contribution in [2.24, 2.45) is 0 Å². The topological polar surface area (TPSA) is 144 Å². The Labute approximate surface area is 90.5 Å². The standard InChI is InChI=1S/C4H7NO.C4H6O6/c6-4-2-1-3-5-4;5-1(3(7)8)2(6)4(9)10/h1-3H2,(H,5,6);1-2,5-6H,(H,7,8)(H,9,10)/t;1-,2-/m.0/s1. The third-order valence-corrected chi connectivity index (χ3v) is 1.71. The second-order valence-electron chi connectivity index (χ2n) is 3.02. The van der Waals surface area contributed by atoms with Gasteiger partial charge in [0.15, 0.2) is 12.2 Å². The molecule has 8 nitrogen and oxygen atoms in total. The van der Waals surface area contributed by atoms with Crippen molar-refractivity contribution in [1.82, 2.24) is 5.32 Å². The van der Waals surface area contributed by atoms with E-state index in [0.29, 0.717) is 0 Å². The van der Waals surface area contributed by atoms with Gasteiger partial charge in [-0.05, 0) is 6.42 Å². The Bertz CT molecular complexity index is 252. The number of amides is 1. The molecular weight excluding hydrogens is 222 g/mol. The largest absolute Gasteiger partial charge is 0.479 e. The molecule has 0 radical (unpaired) electrons. The highest BCUT2D eigenvalue weighted by atomic mass is 16.4. The minimum absolute atomic E-state index is 0.204. The zero-order chi connectivity index (χ0) is 12.7. The van der Waals surface area contributed by atoms with Crippen molar-refractivity contribution in [1.29, 1.82) is 0 Å². The van der Waals surface area contributed by atoms with Gasteiger partial charge in [0.1, 0.15) is 0 Å². The Morgan fingerprint density at radius 3 is 1.69 bits per heavy atom. The molecule has 1 fully saturated rings. The number of nitrogens with one attached hydrogen (secondary N) is 1. The van der Waals surface area contributed by atoms with Gasteiger partial charge < -0.3 is 25.7 Å². The number of rotatable bonds is 3. The Morgan fingerprint density at radius 1 is 1.12 bits per heavy atom. The van der Waals surface area contributed by atoms with Crippen LogP contribution in [0.15, 0.2) is 0 Å². The van der Waals surface area contributed by atoms with Crippen molar-refractivity contribution in [3.63, 3.8) is 0 Å². The summed E-state index contributed by atoms with van der Waals surface area (Å²) < 4.78 is 0. The summed E-state index contributed by atoms with van der Waals surface area (Å²) >= 11 is 0. The molecule has 1 heterocycles. The van der Waals surface area contributed by atoms with Gasteiger partial charge in [-0.1, -0.05) is 0 Å². The van der Waals surface area contributed by atoms with E-state index >= 15 is 0 Å². The molecule has 16 heavy (non-hydrogen) atoms. The first-order valence-corrected chi connectivity index (χ1v) is 4.44. The van der Waals surface area contributed by atoms with E-state index < -0.39 is 24.1 Å². The number of aliphatic hydroxyl groups is 2. The van der Waals surface area contributed by atoms with Crippen LogP contribution in [0.3, 0.4) is 0 Å². The van der Waals surface area contributed by atoms with Crippen molar-refractivity contribution in [3.8, 4) is 0 Å². The third kappa shape index (κ3) is 5.27. The number of carboxylic acid groups (broad SMARTS) is 2. The van der Waals surface area contributed by atoms with E-state index in [-0.39, 0.29) is 5.91 Å². The van der Waals surface area contributed by atoms with Crippen molar-refractivity contribution in [2.45, 2.75) is 25.0 Å². The quantitative estimate of drug-likeness (QED) is 0.372. The van der Waals surface area contributed by atoms with Crippen LogP contribution < -0.4 is 5.32 Å². The Hall–Kier alpha value is -1.67. The van der Waals surface area contributed by atoms with Gasteiger partial charge >= 0.3 is 11.9 Å². The molecule has 92 valence electrons. The lowest BCUT2D eigenvalue weighted by Crippen LogP contribution is -2.39. The molecule has 5 N–H and O–H groups in total. The van der Waals surface area contributed by atoms with Gasteiger partial charge in [-0.3, -0.25) is 4.79 Å².